The van der Waals surface area contributed by atoms with Crippen LogP contribution in [0.25, 0.3) is 0 Å². The van der Waals surface area contributed by atoms with Crippen LogP contribution in [0.3, 0.4) is 0 Å². The number of amides is 2. The van der Waals surface area contributed by atoms with Gasteiger partial charge in [0.1, 0.15) is 17.2 Å². The summed E-state index contributed by atoms with van der Waals surface area (Å²) in [7, 11) is 0. The second-order valence-corrected chi connectivity index (χ2v) is 8.13. The largest absolute Gasteiger partial charge is 0.350 e. The fourth-order valence-electron chi connectivity index (χ4n) is 3.20. The lowest BCUT2D eigenvalue weighted by Gasteiger charge is -2.32. The molecule has 0 bridgehead atoms. The van der Waals surface area contributed by atoms with Gasteiger partial charge < -0.3 is 10.2 Å². The molecule has 2 amide bonds. The van der Waals surface area contributed by atoms with E-state index in [2.05, 4.69) is 10.3 Å². The first-order valence-electron chi connectivity index (χ1n) is 9.32. The van der Waals surface area contributed by atoms with Crippen LogP contribution in [0.15, 0.2) is 23.6 Å². The van der Waals surface area contributed by atoms with Gasteiger partial charge >= 0.3 is 0 Å². The molecule has 1 N–H and O–H groups in total. The Labute approximate surface area is 166 Å². The zero-order valence-electron chi connectivity index (χ0n) is 15.9. The molecule has 150 valence electrons. The minimum Gasteiger partial charge on any atom is -0.350 e. The number of likely N-dealkylation sites (tertiary alicyclic amines) is 1. The number of carbonyl (C=O) groups is 2. The number of hydrogen-bond donors (Lipinski definition) is 1. The Hall–Kier alpha value is -2.35. The molecule has 1 aromatic heterocycles. The molecule has 8 heteroatoms. The van der Waals surface area contributed by atoms with Gasteiger partial charge in [-0.15, -0.1) is 11.3 Å². The normalized spacial score (nSPS) is 17.0. The van der Waals surface area contributed by atoms with E-state index in [1.165, 1.54) is 22.3 Å². The summed E-state index contributed by atoms with van der Waals surface area (Å²) in [4.78, 5) is 30.4. The molecule has 1 saturated heterocycles. The second-order valence-electron chi connectivity index (χ2n) is 7.24. The molecule has 0 aliphatic carbocycles. The Morgan fingerprint density at radius 1 is 1.32 bits per heavy atom. The third kappa shape index (κ3) is 4.55. The van der Waals surface area contributed by atoms with E-state index < -0.39 is 23.1 Å². The summed E-state index contributed by atoms with van der Waals surface area (Å²) in [6, 6.07) is 3.43. The average molecular weight is 407 g/mol. The van der Waals surface area contributed by atoms with E-state index in [0.29, 0.717) is 19.6 Å². The van der Waals surface area contributed by atoms with E-state index in [1.54, 1.807) is 0 Å². The Morgan fingerprint density at radius 3 is 2.71 bits per heavy atom. The topological polar surface area (TPSA) is 62.3 Å². The van der Waals surface area contributed by atoms with E-state index in [4.69, 9.17) is 0 Å². The third-order valence-corrected chi connectivity index (χ3v) is 5.83. The summed E-state index contributed by atoms with van der Waals surface area (Å²) < 4.78 is 27.9. The van der Waals surface area contributed by atoms with Crippen molar-refractivity contribution >= 4 is 23.2 Å². The maximum absolute atomic E-state index is 14.0. The van der Waals surface area contributed by atoms with Gasteiger partial charge in [0, 0.05) is 30.3 Å². The standard InChI is InChI=1S/C20H23F2N3O2S/c1-12(2)18(26)23-9-14-11-28-19(24-14)13-5-4-8-25(10-13)20(27)17-15(21)6-3-7-16(17)22/h3,6-7,11-13H,4-5,8-10H2,1-2H3,(H,23,26). The Kier molecular flexibility index (Phi) is 6.39. The number of rotatable bonds is 5. The van der Waals surface area contributed by atoms with Gasteiger partial charge in [0.25, 0.3) is 5.91 Å². The Balaban J connectivity index is 1.67. The molecular weight excluding hydrogens is 384 g/mol. The van der Waals surface area contributed by atoms with E-state index in [9.17, 15) is 18.4 Å². The Morgan fingerprint density at radius 2 is 2.04 bits per heavy atom. The van der Waals surface area contributed by atoms with Crippen LogP contribution in [0.4, 0.5) is 8.78 Å². The van der Waals surface area contributed by atoms with Crippen LogP contribution in [0, 0.1) is 17.6 Å². The molecule has 2 aromatic rings. The number of thiazole rings is 1. The number of nitrogens with zero attached hydrogens (tertiary/aromatic N) is 2. The van der Waals surface area contributed by atoms with Crippen molar-refractivity contribution in [1.29, 1.82) is 0 Å². The molecule has 1 aliphatic rings. The lowest BCUT2D eigenvalue weighted by molar-refractivity contribution is -0.124. The summed E-state index contributed by atoms with van der Waals surface area (Å²) >= 11 is 1.48. The van der Waals surface area contributed by atoms with E-state index in [-0.39, 0.29) is 17.7 Å². The quantitative estimate of drug-likeness (QED) is 0.822. The fourth-order valence-corrected chi connectivity index (χ4v) is 4.14. The van der Waals surface area contributed by atoms with Gasteiger partial charge in [-0.2, -0.15) is 0 Å². The summed E-state index contributed by atoms with van der Waals surface area (Å²) in [6.45, 7) is 4.86. The number of carbonyl (C=O) groups excluding carboxylic acids is 2. The van der Waals surface area contributed by atoms with Crippen LogP contribution in [-0.4, -0.2) is 34.8 Å². The number of halogens is 2. The van der Waals surface area contributed by atoms with Crippen LogP contribution in [0.1, 0.15) is 53.7 Å². The van der Waals surface area contributed by atoms with Gasteiger partial charge in [-0.05, 0) is 25.0 Å². The van der Waals surface area contributed by atoms with Crippen LogP contribution in [0.2, 0.25) is 0 Å². The molecule has 5 nitrogen and oxygen atoms in total. The molecule has 1 unspecified atom stereocenters. The molecule has 1 fully saturated rings. The highest BCUT2D eigenvalue weighted by Gasteiger charge is 2.30. The molecular formula is C20H23F2N3O2S. The molecule has 0 saturated carbocycles. The second kappa shape index (κ2) is 8.77. The fraction of sp³-hybridized carbons (Fsp3) is 0.450. The van der Waals surface area contributed by atoms with Crippen molar-refractivity contribution in [1.82, 2.24) is 15.2 Å². The molecule has 3 rings (SSSR count). The van der Waals surface area contributed by atoms with Gasteiger partial charge in [-0.1, -0.05) is 19.9 Å². The van der Waals surface area contributed by atoms with Gasteiger partial charge in [0.05, 0.1) is 17.2 Å². The molecule has 0 spiro atoms. The molecule has 2 heterocycles. The van der Waals surface area contributed by atoms with Crippen LogP contribution in [0.5, 0.6) is 0 Å². The first-order valence-corrected chi connectivity index (χ1v) is 10.2. The minimum atomic E-state index is -0.843. The van der Waals surface area contributed by atoms with Crippen LogP contribution < -0.4 is 5.32 Å². The third-order valence-electron chi connectivity index (χ3n) is 4.77. The smallest absolute Gasteiger partial charge is 0.259 e. The minimum absolute atomic E-state index is 0.0204. The maximum Gasteiger partial charge on any atom is 0.259 e. The molecule has 1 aromatic carbocycles. The van der Waals surface area contributed by atoms with Crippen molar-refractivity contribution in [3.8, 4) is 0 Å². The number of piperidine rings is 1. The first-order chi connectivity index (χ1) is 13.4. The van der Waals surface area contributed by atoms with Crippen LogP contribution in [-0.2, 0) is 11.3 Å². The van der Waals surface area contributed by atoms with Crippen molar-refractivity contribution < 1.29 is 18.4 Å². The highest BCUT2D eigenvalue weighted by atomic mass is 32.1. The summed E-state index contributed by atoms with van der Waals surface area (Å²) in [5.41, 5.74) is 0.275. The number of benzene rings is 1. The van der Waals surface area contributed by atoms with Crippen molar-refractivity contribution in [3.63, 3.8) is 0 Å². The molecule has 0 radical (unpaired) electrons. The summed E-state index contributed by atoms with van der Waals surface area (Å²) in [5.74, 6) is -2.41. The predicted octanol–water partition coefficient (Wildman–Crippen LogP) is 3.71. The Bertz CT molecular complexity index is 849. The van der Waals surface area contributed by atoms with Crippen molar-refractivity contribution in [3.05, 3.63) is 51.5 Å². The SMILES string of the molecule is CC(C)C(=O)NCc1csc(C2CCCN(C(=O)c3c(F)cccc3F)C2)n1. The average Bonchev–Trinajstić information content (AvgIpc) is 3.15. The zero-order chi connectivity index (χ0) is 20.3. The lowest BCUT2D eigenvalue weighted by Crippen LogP contribution is -2.39. The van der Waals surface area contributed by atoms with Crippen molar-refractivity contribution in [2.45, 2.75) is 39.2 Å². The molecule has 1 aliphatic heterocycles. The van der Waals surface area contributed by atoms with Gasteiger partial charge in [0.2, 0.25) is 5.91 Å². The number of aromatic nitrogens is 1. The van der Waals surface area contributed by atoms with Gasteiger partial charge in [-0.25, -0.2) is 13.8 Å². The molecule has 1 atom stereocenters. The van der Waals surface area contributed by atoms with E-state index >= 15 is 0 Å². The highest BCUT2D eigenvalue weighted by molar-refractivity contribution is 7.09. The maximum atomic E-state index is 14.0. The summed E-state index contributed by atoms with van der Waals surface area (Å²) in [5, 5.41) is 5.60. The number of hydrogen-bond acceptors (Lipinski definition) is 4. The van der Waals surface area contributed by atoms with Crippen molar-refractivity contribution in [2.24, 2.45) is 5.92 Å². The summed E-state index contributed by atoms with van der Waals surface area (Å²) in [6.07, 6.45) is 1.60. The number of nitrogens with one attached hydrogen (secondary N) is 1. The van der Waals surface area contributed by atoms with Crippen LogP contribution >= 0.6 is 11.3 Å². The zero-order valence-corrected chi connectivity index (χ0v) is 16.7. The van der Waals surface area contributed by atoms with Crippen molar-refractivity contribution in [2.75, 3.05) is 13.1 Å². The van der Waals surface area contributed by atoms with Gasteiger partial charge in [0.15, 0.2) is 0 Å². The monoisotopic (exact) mass is 407 g/mol. The first kappa shape index (κ1) is 20.4. The highest BCUT2D eigenvalue weighted by Crippen LogP contribution is 2.30. The van der Waals surface area contributed by atoms with E-state index in [1.807, 2.05) is 19.2 Å². The van der Waals surface area contributed by atoms with E-state index in [0.717, 1.165) is 35.7 Å². The molecule has 28 heavy (non-hydrogen) atoms. The predicted molar refractivity (Wildman–Crippen MR) is 103 cm³/mol. The lowest BCUT2D eigenvalue weighted by atomic mass is 9.98. The van der Waals surface area contributed by atoms with Gasteiger partial charge in [-0.3, -0.25) is 9.59 Å².